The van der Waals surface area contributed by atoms with Crippen molar-refractivity contribution in [3.8, 4) is 18.1 Å². The van der Waals surface area contributed by atoms with Crippen LogP contribution >= 0.6 is 0 Å². The van der Waals surface area contributed by atoms with Crippen LogP contribution in [0.5, 0.6) is 5.75 Å². The van der Waals surface area contributed by atoms with Gasteiger partial charge in [-0.05, 0) is 18.6 Å². The van der Waals surface area contributed by atoms with E-state index in [9.17, 15) is 10.1 Å². The molecule has 0 amide bonds. The third-order valence-electron chi connectivity index (χ3n) is 2.34. The van der Waals surface area contributed by atoms with Gasteiger partial charge in [0.2, 0.25) is 0 Å². The molecule has 5 heteroatoms. The molecular weight excluding hydrogens is 220 g/mol. The number of anilines is 1. The lowest BCUT2D eigenvalue weighted by atomic mass is 10.2. The lowest BCUT2D eigenvalue weighted by molar-refractivity contribution is -0.384. The van der Waals surface area contributed by atoms with E-state index in [1.165, 1.54) is 7.11 Å². The molecule has 5 nitrogen and oxygen atoms in total. The van der Waals surface area contributed by atoms with Gasteiger partial charge in [0.05, 0.1) is 18.1 Å². The van der Waals surface area contributed by atoms with Gasteiger partial charge < -0.3 is 10.1 Å². The van der Waals surface area contributed by atoms with Crippen molar-refractivity contribution in [2.75, 3.05) is 12.4 Å². The average molecular weight is 234 g/mol. The van der Waals surface area contributed by atoms with Gasteiger partial charge in [0.1, 0.15) is 5.69 Å². The molecule has 1 rings (SSSR count). The van der Waals surface area contributed by atoms with Crippen LogP contribution < -0.4 is 10.1 Å². The van der Waals surface area contributed by atoms with Gasteiger partial charge in [0.25, 0.3) is 0 Å². The number of nitro benzene ring substituents is 1. The number of hydrogen-bond acceptors (Lipinski definition) is 4. The molecule has 0 aliphatic carbocycles. The van der Waals surface area contributed by atoms with Gasteiger partial charge in [-0.1, -0.05) is 18.9 Å². The van der Waals surface area contributed by atoms with Crippen molar-refractivity contribution >= 4 is 11.4 Å². The van der Waals surface area contributed by atoms with E-state index in [4.69, 9.17) is 11.2 Å². The van der Waals surface area contributed by atoms with Gasteiger partial charge in [0.15, 0.2) is 5.75 Å². The Balaban J connectivity index is 3.15. The van der Waals surface area contributed by atoms with Crippen molar-refractivity contribution < 1.29 is 9.66 Å². The Morgan fingerprint density at radius 3 is 2.82 bits per heavy atom. The first-order valence-electron chi connectivity index (χ1n) is 5.18. The van der Waals surface area contributed by atoms with Gasteiger partial charge in [-0.15, -0.1) is 6.42 Å². The zero-order valence-corrected chi connectivity index (χ0v) is 9.77. The lowest BCUT2D eigenvalue weighted by Gasteiger charge is -2.13. The van der Waals surface area contributed by atoms with Crippen molar-refractivity contribution in [2.24, 2.45) is 0 Å². The highest BCUT2D eigenvalue weighted by atomic mass is 16.6. The molecule has 0 bridgehead atoms. The predicted octanol–water partition coefficient (Wildman–Crippen LogP) is 2.43. The summed E-state index contributed by atoms with van der Waals surface area (Å²) in [7, 11) is 1.39. The molecule has 1 N–H and O–H groups in total. The van der Waals surface area contributed by atoms with E-state index in [2.05, 4.69) is 11.2 Å². The Kier molecular flexibility index (Phi) is 4.35. The molecule has 17 heavy (non-hydrogen) atoms. The number of rotatable bonds is 5. The van der Waals surface area contributed by atoms with Crippen LogP contribution in [0.25, 0.3) is 0 Å². The molecule has 0 spiro atoms. The van der Waals surface area contributed by atoms with E-state index >= 15 is 0 Å². The topological polar surface area (TPSA) is 64.4 Å². The zero-order chi connectivity index (χ0) is 12.8. The summed E-state index contributed by atoms with van der Waals surface area (Å²) in [6, 6.07) is 4.60. The summed E-state index contributed by atoms with van der Waals surface area (Å²) in [4.78, 5) is 10.5. The summed E-state index contributed by atoms with van der Waals surface area (Å²) in [5.41, 5.74) is 0.280. The third kappa shape index (κ3) is 2.88. The molecule has 0 saturated heterocycles. The molecule has 1 aromatic carbocycles. The number of methoxy groups -OCH3 is 1. The molecule has 1 aromatic rings. The maximum atomic E-state index is 11.0. The Morgan fingerprint density at radius 1 is 1.65 bits per heavy atom. The number of nitrogens with one attached hydrogen (secondary N) is 1. The fraction of sp³-hybridized carbons (Fsp3) is 0.333. The molecule has 1 atom stereocenters. The fourth-order valence-corrected chi connectivity index (χ4v) is 1.44. The highest BCUT2D eigenvalue weighted by molar-refractivity contribution is 5.69. The van der Waals surface area contributed by atoms with Gasteiger partial charge >= 0.3 is 5.69 Å². The summed E-state index contributed by atoms with van der Waals surface area (Å²) in [6.07, 6.45) is 6.00. The molecule has 0 saturated carbocycles. The Bertz CT molecular complexity index is 452. The van der Waals surface area contributed by atoms with Crippen molar-refractivity contribution in [3.05, 3.63) is 28.3 Å². The second-order valence-corrected chi connectivity index (χ2v) is 3.39. The van der Waals surface area contributed by atoms with E-state index in [0.717, 1.165) is 0 Å². The van der Waals surface area contributed by atoms with Crippen LogP contribution in [0, 0.1) is 22.5 Å². The van der Waals surface area contributed by atoms with Gasteiger partial charge in [-0.3, -0.25) is 10.1 Å². The molecule has 0 aliphatic heterocycles. The molecule has 0 radical (unpaired) electrons. The first-order valence-corrected chi connectivity index (χ1v) is 5.18. The van der Waals surface area contributed by atoms with Crippen LogP contribution in [0.3, 0.4) is 0 Å². The van der Waals surface area contributed by atoms with Crippen LogP contribution in [0.1, 0.15) is 13.3 Å². The van der Waals surface area contributed by atoms with Crippen molar-refractivity contribution in [1.29, 1.82) is 0 Å². The van der Waals surface area contributed by atoms with Crippen LogP contribution in [0.4, 0.5) is 11.4 Å². The molecular formula is C12H14N2O3. The molecule has 0 aromatic heterocycles. The first-order chi connectivity index (χ1) is 8.13. The minimum Gasteiger partial charge on any atom is -0.490 e. The Labute approximate surface area is 99.9 Å². The lowest BCUT2D eigenvalue weighted by Crippen LogP contribution is -2.16. The van der Waals surface area contributed by atoms with Gasteiger partial charge in [-0.25, -0.2) is 0 Å². The molecule has 90 valence electrons. The second-order valence-electron chi connectivity index (χ2n) is 3.39. The minimum absolute atomic E-state index is 0.0938. The number of terminal acetylenes is 1. The number of ether oxygens (including phenoxy) is 1. The summed E-state index contributed by atoms with van der Waals surface area (Å²) >= 11 is 0. The number of para-hydroxylation sites is 1. The molecule has 1 unspecified atom stereocenters. The fourth-order valence-electron chi connectivity index (χ4n) is 1.44. The van der Waals surface area contributed by atoms with Crippen molar-refractivity contribution in [3.63, 3.8) is 0 Å². The van der Waals surface area contributed by atoms with E-state index in [1.807, 2.05) is 6.92 Å². The van der Waals surface area contributed by atoms with E-state index in [-0.39, 0.29) is 17.5 Å². The number of nitrogens with zero attached hydrogens (tertiary/aromatic N) is 1. The van der Waals surface area contributed by atoms with Crippen LogP contribution in [-0.2, 0) is 0 Å². The van der Waals surface area contributed by atoms with Crippen molar-refractivity contribution in [1.82, 2.24) is 0 Å². The number of nitro groups is 1. The Morgan fingerprint density at radius 2 is 2.35 bits per heavy atom. The van der Waals surface area contributed by atoms with Gasteiger partial charge in [0, 0.05) is 0 Å². The summed E-state index contributed by atoms with van der Waals surface area (Å²) in [5.74, 6) is 2.74. The van der Waals surface area contributed by atoms with Crippen LogP contribution in [-0.4, -0.2) is 18.1 Å². The third-order valence-corrected chi connectivity index (χ3v) is 2.34. The Hall–Kier alpha value is -2.22. The smallest absolute Gasteiger partial charge is 0.333 e. The first kappa shape index (κ1) is 12.8. The number of hydrogen-bond donors (Lipinski definition) is 1. The monoisotopic (exact) mass is 234 g/mol. The average Bonchev–Trinajstić information content (AvgIpc) is 2.34. The van der Waals surface area contributed by atoms with Crippen LogP contribution in [0.2, 0.25) is 0 Å². The highest BCUT2D eigenvalue weighted by Gasteiger charge is 2.21. The predicted molar refractivity (Wildman–Crippen MR) is 66.2 cm³/mol. The summed E-state index contributed by atoms with van der Waals surface area (Å²) < 4.78 is 4.96. The zero-order valence-electron chi connectivity index (χ0n) is 9.77. The standard InChI is InChI=1S/C12H14N2O3/c1-4-9(5-2)13-10-7-6-8-11(17-3)12(10)14(15)16/h1,6-9,13H,5H2,2-3H3. The highest BCUT2D eigenvalue weighted by Crippen LogP contribution is 2.34. The van der Waals surface area contributed by atoms with Crippen LogP contribution in [0.15, 0.2) is 18.2 Å². The van der Waals surface area contributed by atoms with Gasteiger partial charge in [-0.2, -0.15) is 0 Å². The van der Waals surface area contributed by atoms with Crippen molar-refractivity contribution in [2.45, 2.75) is 19.4 Å². The maximum Gasteiger partial charge on any atom is 0.333 e. The quantitative estimate of drug-likeness (QED) is 0.482. The van der Waals surface area contributed by atoms with E-state index in [0.29, 0.717) is 12.1 Å². The summed E-state index contributed by atoms with van der Waals surface area (Å²) in [5, 5.41) is 13.9. The maximum absolute atomic E-state index is 11.0. The largest absolute Gasteiger partial charge is 0.490 e. The second kappa shape index (κ2) is 5.75. The number of benzene rings is 1. The molecule has 0 aliphatic rings. The van der Waals surface area contributed by atoms with E-state index < -0.39 is 4.92 Å². The SMILES string of the molecule is C#CC(CC)Nc1cccc(OC)c1[N+](=O)[O-]. The summed E-state index contributed by atoms with van der Waals surface area (Å²) in [6.45, 7) is 1.91. The normalized spacial score (nSPS) is 11.4. The molecule has 0 heterocycles. The van der Waals surface area contributed by atoms with E-state index in [1.54, 1.807) is 18.2 Å². The molecule has 0 fully saturated rings. The minimum atomic E-state index is -0.482.